The molecule has 2 aliphatic heterocycles. The zero-order chi connectivity index (χ0) is 26.1. The highest BCUT2D eigenvalue weighted by atomic mass is 35.5. The minimum Gasteiger partial charge on any atom is -0.473 e. The molecule has 4 heterocycles. The van der Waals surface area contributed by atoms with E-state index in [9.17, 15) is 4.39 Å². The number of pyridine rings is 1. The number of rotatable bonds is 8. The van der Waals surface area contributed by atoms with Gasteiger partial charge in [-0.15, -0.1) is 0 Å². The third kappa shape index (κ3) is 5.38. The smallest absolute Gasteiger partial charge is 0.214 e. The summed E-state index contributed by atoms with van der Waals surface area (Å²) >= 11 is 5.84. The molecule has 4 aromatic rings. The van der Waals surface area contributed by atoms with Crippen LogP contribution in [0.2, 0.25) is 5.02 Å². The Balaban J connectivity index is 1.13. The van der Waals surface area contributed by atoms with Crippen molar-refractivity contribution < 1.29 is 13.9 Å². The molecule has 9 heteroatoms. The Morgan fingerprint density at radius 3 is 2.79 bits per heavy atom. The normalized spacial score (nSPS) is 17.8. The van der Waals surface area contributed by atoms with Crippen LogP contribution in [-0.2, 0) is 24.4 Å². The second-order valence-electron chi connectivity index (χ2n) is 9.77. The Bertz CT molecular complexity index is 1500. The van der Waals surface area contributed by atoms with Gasteiger partial charge >= 0.3 is 0 Å². The summed E-state index contributed by atoms with van der Waals surface area (Å²) in [4.78, 5) is 12.0. The largest absolute Gasteiger partial charge is 0.473 e. The molecule has 2 aromatic carbocycles. The van der Waals surface area contributed by atoms with Gasteiger partial charge in [0.05, 0.1) is 35.9 Å². The fourth-order valence-corrected chi connectivity index (χ4v) is 5.06. The molecule has 38 heavy (non-hydrogen) atoms. The number of benzene rings is 2. The van der Waals surface area contributed by atoms with E-state index < -0.39 is 0 Å². The first-order valence-corrected chi connectivity index (χ1v) is 13.2. The zero-order valence-electron chi connectivity index (χ0n) is 20.9. The number of halogens is 2. The van der Waals surface area contributed by atoms with Crippen LogP contribution in [0, 0.1) is 5.82 Å². The molecule has 0 saturated carbocycles. The molecule has 2 aromatic heterocycles. The van der Waals surface area contributed by atoms with Crippen LogP contribution < -0.4 is 10.5 Å². The van der Waals surface area contributed by atoms with E-state index in [0.29, 0.717) is 16.5 Å². The van der Waals surface area contributed by atoms with Gasteiger partial charge in [0.2, 0.25) is 5.88 Å². The number of imidazole rings is 1. The molecule has 1 atom stereocenters. The number of nitrogens with zero attached hydrogens (tertiary/aromatic N) is 4. The number of aromatic nitrogens is 3. The van der Waals surface area contributed by atoms with E-state index in [1.54, 1.807) is 18.2 Å². The van der Waals surface area contributed by atoms with E-state index in [1.807, 2.05) is 24.3 Å². The number of fused-ring (bicyclic) bond motifs is 1. The highest BCUT2D eigenvalue weighted by molar-refractivity contribution is 6.30. The maximum Gasteiger partial charge on any atom is 0.214 e. The van der Waals surface area contributed by atoms with Gasteiger partial charge in [-0.2, -0.15) is 0 Å². The Morgan fingerprint density at radius 1 is 1.13 bits per heavy atom. The van der Waals surface area contributed by atoms with Crippen LogP contribution in [0.4, 0.5) is 10.1 Å². The molecule has 2 aliphatic rings. The molecule has 7 nitrogen and oxygen atoms in total. The number of anilines is 1. The van der Waals surface area contributed by atoms with Gasteiger partial charge in [0.25, 0.3) is 0 Å². The van der Waals surface area contributed by atoms with E-state index in [-0.39, 0.29) is 18.5 Å². The van der Waals surface area contributed by atoms with Gasteiger partial charge in [0, 0.05) is 42.0 Å². The predicted octanol–water partition coefficient (Wildman–Crippen LogP) is 5.46. The zero-order valence-corrected chi connectivity index (χ0v) is 21.7. The molecule has 196 valence electrons. The maximum atomic E-state index is 14.1. The molecular weight excluding hydrogens is 505 g/mol. The van der Waals surface area contributed by atoms with Gasteiger partial charge in [-0.3, -0.25) is 4.90 Å². The van der Waals surface area contributed by atoms with Crippen LogP contribution in [0.1, 0.15) is 29.9 Å². The Kier molecular flexibility index (Phi) is 7.02. The lowest BCUT2D eigenvalue weighted by Crippen LogP contribution is -2.33. The van der Waals surface area contributed by atoms with Gasteiger partial charge < -0.3 is 19.8 Å². The van der Waals surface area contributed by atoms with Gasteiger partial charge in [-0.1, -0.05) is 29.8 Å². The van der Waals surface area contributed by atoms with Gasteiger partial charge in [0.15, 0.2) is 0 Å². The van der Waals surface area contributed by atoms with E-state index in [4.69, 9.17) is 31.8 Å². The molecule has 0 amide bonds. The summed E-state index contributed by atoms with van der Waals surface area (Å²) in [6.07, 6.45) is 4.40. The monoisotopic (exact) mass is 533 g/mol. The predicted molar refractivity (Wildman–Crippen MR) is 146 cm³/mol. The van der Waals surface area contributed by atoms with Gasteiger partial charge in [-0.25, -0.2) is 14.4 Å². The summed E-state index contributed by atoms with van der Waals surface area (Å²) in [5, 5.41) is 0.360. The number of ether oxygens (including phenoxy) is 2. The number of hydrogen-bond acceptors (Lipinski definition) is 6. The summed E-state index contributed by atoms with van der Waals surface area (Å²) in [7, 11) is 0. The Hall–Kier alpha value is -3.46. The molecule has 2 N–H and O–H groups in total. The lowest BCUT2D eigenvalue weighted by atomic mass is 10.0. The third-order valence-corrected chi connectivity index (χ3v) is 7.37. The molecule has 6 rings (SSSR count). The van der Waals surface area contributed by atoms with Gasteiger partial charge in [-0.05, 0) is 54.8 Å². The van der Waals surface area contributed by atoms with Crippen LogP contribution >= 0.6 is 11.6 Å². The van der Waals surface area contributed by atoms with Crippen molar-refractivity contribution in [1.82, 2.24) is 19.4 Å². The van der Waals surface area contributed by atoms with Crippen LogP contribution in [0.15, 0.2) is 60.7 Å². The van der Waals surface area contributed by atoms with Crippen LogP contribution in [0.25, 0.3) is 16.6 Å². The molecule has 1 saturated heterocycles. The number of hydrogen-bond donors (Lipinski definition) is 1. The van der Waals surface area contributed by atoms with Crippen molar-refractivity contribution in [3.05, 3.63) is 88.6 Å². The summed E-state index contributed by atoms with van der Waals surface area (Å²) in [6.45, 7) is 4.15. The first-order chi connectivity index (χ1) is 18.5. The van der Waals surface area contributed by atoms with Crippen LogP contribution in [-0.4, -0.2) is 45.2 Å². The van der Waals surface area contributed by atoms with Crippen molar-refractivity contribution in [3.63, 3.8) is 0 Å². The molecule has 0 radical (unpaired) electrons. The Labute approximate surface area is 225 Å². The summed E-state index contributed by atoms with van der Waals surface area (Å²) < 4.78 is 27.9. The fraction of sp³-hybridized carbons (Fsp3) is 0.310. The minimum atomic E-state index is -0.388. The van der Waals surface area contributed by atoms with E-state index in [0.717, 1.165) is 73.9 Å². The van der Waals surface area contributed by atoms with Crippen molar-refractivity contribution in [2.45, 2.75) is 38.6 Å². The highest BCUT2D eigenvalue weighted by Crippen LogP contribution is 2.27. The number of nitrogens with two attached hydrogens (primary N) is 1. The van der Waals surface area contributed by atoms with E-state index in [2.05, 4.69) is 26.6 Å². The second-order valence-corrected chi connectivity index (χ2v) is 10.2. The topological polar surface area (TPSA) is 78.4 Å². The minimum absolute atomic E-state index is 0.0881. The molecule has 0 spiro atoms. The molecular formula is C29H29ClFN5O2. The summed E-state index contributed by atoms with van der Waals surface area (Å²) in [6, 6.07) is 16.2. The van der Waals surface area contributed by atoms with Crippen molar-refractivity contribution in [2.75, 3.05) is 25.4 Å². The van der Waals surface area contributed by atoms with Crippen molar-refractivity contribution in [2.24, 2.45) is 0 Å². The average molecular weight is 534 g/mol. The van der Waals surface area contributed by atoms with Crippen LogP contribution in [0.5, 0.6) is 5.88 Å². The van der Waals surface area contributed by atoms with Crippen molar-refractivity contribution in [3.8, 4) is 5.88 Å². The van der Waals surface area contributed by atoms with Crippen LogP contribution in [0.3, 0.4) is 0 Å². The first kappa shape index (κ1) is 24.9. The quantitative estimate of drug-likeness (QED) is 0.303. The summed E-state index contributed by atoms with van der Waals surface area (Å²) in [5.74, 6) is 1.10. The molecule has 1 fully saturated rings. The van der Waals surface area contributed by atoms with Crippen molar-refractivity contribution in [1.29, 1.82) is 0 Å². The Morgan fingerprint density at radius 2 is 2.03 bits per heavy atom. The second kappa shape index (κ2) is 10.7. The average Bonchev–Trinajstić information content (AvgIpc) is 3.22. The first-order valence-electron chi connectivity index (χ1n) is 12.8. The van der Waals surface area contributed by atoms with Gasteiger partial charge in [0.1, 0.15) is 18.2 Å². The summed E-state index contributed by atoms with van der Waals surface area (Å²) in [5.41, 5.74) is 11.2. The SMILES string of the molecule is Nc1ccc2c(c1)nc(CN1CC=C(c3cccc(OCc4ccc(Cl)cc4F)n3)CC1)n2C[C@@H]1CCO1. The van der Waals surface area contributed by atoms with Crippen molar-refractivity contribution >= 4 is 33.9 Å². The fourth-order valence-electron chi connectivity index (χ4n) is 4.91. The number of nitrogen functional groups attached to an aromatic ring is 1. The lowest BCUT2D eigenvalue weighted by Gasteiger charge is -2.29. The van der Waals surface area contributed by atoms with E-state index in [1.165, 1.54) is 11.6 Å². The maximum absolute atomic E-state index is 14.1. The third-order valence-electron chi connectivity index (χ3n) is 7.13. The van der Waals surface area contributed by atoms with E-state index >= 15 is 0 Å². The standard InChI is InChI=1S/C29H29ClFN5O2/c30-21-5-4-20(24(31)14-21)18-38-29-3-1-2-25(34-29)19-8-11-35(12-9-19)17-28-33-26-15-22(32)6-7-27(26)36(28)16-23-10-13-37-23/h1-8,14-15,23H,9-13,16-18,32H2/t23-/m0/s1. The molecule has 0 bridgehead atoms. The molecule has 0 aliphatic carbocycles. The molecule has 0 unspecified atom stereocenters. The lowest BCUT2D eigenvalue weighted by molar-refractivity contribution is -0.0591. The highest BCUT2D eigenvalue weighted by Gasteiger charge is 2.23.